The number of hydrogen-bond acceptors (Lipinski definition) is 3. The van der Waals surface area contributed by atoms with E-state index >= 15 is 0 Å². The van der Waals surface area contributed by atoms with Gasteiger partial charge in [0.15, 0.2) is 16.6 Å². The zero-order valence-corrected chi connectivity index (χ0v) is 28.3. The monoisotopic (exact) mass is 548 g/mol. The second-order valence-electron chi connectivity index (χ2n) is 16.7. The summed E-state index contributed by atoms with van der Waals surface area (Å²) in [5, 5.41) is 0.257. The number of carbonyl (C=O) groups is 1. The molecule has 37 heavy (non-hydrogen) atoms. The molecule has 0 aliphatic heterocycles. The molecule has 0 bridgehead atoms. The van der Waals surface area contributed by atoms with Crippen LogP contribution in [-0.4, -0.2) is 35.1 Å². The summed E-state index contributed by atoms with van der Waals surface area (Å²) in [5.41, 5.74) is 0.704. The van der Waals surface area contributed by atoms with Gasteiger partial charge < -0.3 is 13.6 Å². The summed E-state index contributed by atoms with van der Waals surface area (Å²) >= 11 is 0. The Morgan fingerprint density at radius 3 is 2.05 bits per heavy atom. The molecule has 4 rings (SSSR count). The molecule has 0 saturated heterocycles. The molecule has 10 atom stereocenters. The van der Waals surface area contributed by atoms with Gasteiger partial charge in [-0.15, -0.1) is 0 Å². The maximum atomic E-state index is 11.6. The van der Waals surface area contributed by atoms with Crippen LogP contribution >= 0.6 is 0 Å². The third-order valence-electron chi connectivity index (χ3n) is 12.7. The molecule has 0 N–H and O–H groups in total. The van der Waals surface area contributed by atoms with E-state index in [4.69, 9.17) is 8.85 Å². The van der Waals surface area contributed by atoms with E-state index in [1.165, 1.54) is 57.7 Å². The SMILES string of the molecule is CC[C@H]1C(O[Si](C)(C)C)[C@H]2[C@@H]3CCC(CC=O)C3(C)CC[C@@H]2C2(C)CCC(O[Si](C)(C)C(C)(C)C)CC12. The molecule has 6 unspecified atom stereocenters. The minimum atomic E-state index is -1.79. The summed E-state index contributed by atoms with van der Waals surface area (Å²) in [6, 6.07) is 0. The smallest absolute Gasteiger partial charge is 0.192 e. The van der Waals surface area contributed by atoms with E-state index in [0.717, 1.165) is 12.3 Å². The van der Waals surface area contributed by atoms with Crippen LogP contribution in [0.15, 0.2) is 0 Å². The van der Waals surface area contributed by atoms with Crippen LogP contribution in [0.5, 0.6) is 0 Å². The predicted molar refractivity (Wildman–Crippen MR) is 161 cm³/mol. The van der Waals surface area contributed by atoms with Crippen LogP contribution in [0.2, 0.25) is 37.8 Å². The summed E-state index contributed by atoms with van der Waals surface area (Å²) in [6.45, 7) is 26.9. The maximum Gasteiger partial charge on any atom is 0.192 e. The van der Waals surface area contributed by atoms with E-state index in [-0.39, 0.29) is 5.04 Å². The molecular formula is C32H60O3Si2. The van der Waals surface area contributed by atoms with Gasteiger partial charge in [-0.3, -0.25) is 0 Å². The molecule has 3 nitrogen and oxygen atoms in total. The highest BCUT2D eigenvalue weighted by molar-refractivity contribution is 6.74. The van der Waals surface area contributed by atoms with Crippen molar-refractivity contribution in [2.45, 2.75) is 149 Å². The molecule has 0 radical (unpaired) electrons. The predicted octanol–water partition coefficient (Wildman–Crippen LogP) is 9.09. The fourth-order valence-electron chi connectivity index (χ4n) is 9.79. The molecule has 0 amide bonds. The van der Waals surface area contributed by atoms with Crippen LogP contribution in [0.1, 0.15) is 99.3 Å². The second-order valence-corrected chi connectivity index (χ2v) is 25.9. The fraction of sp³-hybridized carbons (Fsp3) is 0.969. The molecule has 0 spiro atoms. The number of carbonyl (C=O) groups excluding carboxylic acids is 1. The summed E-state index contributed by atoms with van der Waals surface area (Å²) in [5.74, 6) is 4.01. The first kappa shape index (κ1) is 30.0. The first-order valence-corrected chi connectivity index (χ1v) is 22.1. The van der Waals surface area contributed by atoms with Crippen LogP contribution in [0, 0.1) is 46.3 Å². The Morgan fingerprint density at radius 1 is 0.865 bits per heavy atom. The van der Waals surface area contributed by atoms with Crippen LogP contribution in [-0.2, 0) is 13.6 Å². The Bertz CT molecular complexity index is 829. The van der Waals surface area contributed by atoms with Gasteiger partial charge in [0.1, 0.15) is 6.29 Å². The molecule has 4 aliphatic rings. The Labute approximate surface area is 231 Å². The average Bonchev–Trinajstić information content (AvgIpc) is 3.09. The summed E-state index contributed by atoms with van der Waals surface area (Å²) in [7, 11) is -3.51. The van der Waals surface area contributed by atoms with Crippen molar-refractivity contribution in [3.05, 3.63) is 0 Å². The molecule has 0 aromatic carbocycles. The number of hydrogen-bond donors (Lipinski definition) is 0. The normalized spacial score (nSPS) is 44.6. The summed E-state index contributed by atoms with van der Waals surface area (Å²) < 4.78 is 14.4. The molecule has 0 aromatic heterocycles. The van der Waals surface area contributed by atoms with Gasteiger partial charge in [0.2, 0.25) is 0 Å². The van der Waals surface area contributed by atoms with Crippen molar-refractivity contribution >= 4 is 22.9 Å². The minimum Gasteiger partial charge on any atom is -0.414 e. The first-order chi connectivity index (χ1) is 17.0. The highest BCUT2D eigenvalue weighted by Crippen LogP contribution is 2.69. The fourth-order valence-corrected chi connectivity index (χ4v) is 12.3. The Kier molecular flexibility index (Phi) is 8.22. The van der Waals surface area contributed by atoms with Crippen LogP contribution in [0.25, 0.3) is 0 Å². The number of aldehydes is 1. The van der Waals surface area contributed by atoms with Gasteiger partial charge in [-0.2, -0.15) is 0 Å². The lowest BCUT2D eigenvalue weighted by molar-refractivity contribution is -0.196. The number of rotatable bonds is 7. The van der Waals surface area contributed by atoms with Crippen LogP contribution in [0.3, 0.4) is 0 Å². The Hall–Kier alpha value is 0.0238. The van der Waals surface area contributed by atoms with Gasteiger partial charge in [-0.05, 0) is 129 Å². The van der Waals surface area contributed by atoms with Crippen molar-refractivity contribution < 1.29 is 13.6 Å². The largest absolute Gasteiger partial charge is 0.414 e. The minimum absolute atomic E-state index is 0.257. The highest BCUT2D eigenvalue weighted by Gasteiger charge is 2.65. The van der Waals surface area contributed by atoms with E-state index < -0.39 is 16.6 Å². The van der Waals surface area contributed by atoms with Crippen molar-refractivity contribution in [2.75, 3.05) is 0 Å². The van der Waals surface area contributed by atoms with Crippen LogP contribution < -0.4 is 0 Å². The molecular weight excluding hydrogens is 489 g/mol. The molecule has 0 aromatic rings. The third-order valence-corrected chi connectivity index (χ3v) is 18.2. The Balaban J connectivity index is 1.70. The molecule has 214 valence electrons. The lowest BCUT2D eigenvalue weighted by Crippen LogP contribution is -2.64. The molecule has 4 aliphatic carbocycles. The lowest BCUT2D eigenvalue weighted by Gasteiger charge is -2.66. The van der Waals surface area contributed by atoms with E-state index in [1.807, 2.05) is 0 Å². The van der Waals surface area contributed by atoms with Crippen molar-refractivity contribution in [3.8, 4) is 0 Å². The van der Waals surface area contributed by atoms with E-state index in [2.05, 4.69) is 74.3 Å². The average molecular weight is 549 g/mol. The zero-order valence-electron chi connectivity index (χ0n) is 26.3. The Morgan fingerprint density at radius 2 is 1.49 bits per heavy atom. The van der Waals surface area contributed by atoms with Gasteiger partial charge >= 0.3 is 0 Å². The first-order valence-electron chi connectivity index (χ1n) is 15.8. The topological polar surface area (TPSA) is 35.5 Å². The number of fused-ring (bicyclic) bond motifs is 5. The van der Waals surface area contributed by atoms with Gasteiger partial charge in [0.25, 0.3) is 0 Å². The van der Waals surface area contributed by atoms with Crippen LogP contribution in [0.4, 0.5) is 0 Å². The molecule has 5 heteroatoms. The summed E-state index contributed by atoms with van der Waals surface area (Å²) in [4.78, 5) is 11.6. The van der Waals surface area contributed by atoms with E-state index in [9.17, 15) is 4.79 Å². The zero-order chi connectivity index (χ0) is 27.6. The van der Waals surface area contributed by atoms with Gasteiger partial charge in [-0.25, -0.2) is 0 Å². The van der Waals surface area contributed by atoms with Gasteiger partial charge in [-0.1, -0.05) is 48.0 Å². The second kappa shape index (κ2) is 10.1. The van der Waals surface area contributed by atoms with E-state index in [0.29, 0.717) is 52.6 Å². The van der Waals surface area contributed by atoms with Crippen molar-refractivity contribution in [1.82, 2.24) is 0 Å². The van der Waals surface area contributed by atoms with Gasteiger partial charge in [0, 0.05) is 12.5 Å². The molecule has 0 heterocycles. The third kappa shape index (κ3) is 5.26. The van der Waals surface area contributed by atoms with E-state index in [1.54, 1.807) is 0 Å². The van der Waals surface area contributed by atoms with Gasteiger partial charge in [0.05, 0.1) is 6.10 Å². The quantitative estimate of drug-likeness (QED) is 0.235. The van der Waals surface area contributed by atoms with Crippen molar-refractivity contribution in [3.63, 3.8) is 0 Å². The molecule has 4 saturated carbocycles. The maximum absolute atomic E-state index is 11.6. The van der Waals surface area contributed by atoms with Crippen molar-refractivity contribution in [2.24, 2.45) is 46.3 Å². The summed E-state index contributed by atoms with van der Waals surface area (Å²) in [6.07, 6.45) is 12.9. The standard InChI is InChI=1S/C32H60O3Si2/c1-12-24-27-21-23(34-37(10,11)30(2,3)4)15-18-32(27,6)26-16-19-31(5)22(17-20-33)13-14-25(31)28(26)29(24)35-36(7,8)9/h20,22-29H,12-19,21H2,1-11H3/t22?,23?,24-,25+,26+,27?,28+,29?,31?,32?/m1/s1. The lowest BCUT2D eigenvalue weighted by atomic mass is 9.41. The highest BCUT2D eigenvalue weighted by atomic mass is 28.4. The van der Waals surface area contributed by atoms with Crippen molar-refractivity contribution in [1.29, 1.82) is 0 Å². The molecule has 4 fully saturated rings.